The summed E-state index contributed by atoms with van der Waals surface area (Å²) in [4.78, 5) is 0. The first kappa shape index (κ1) is 13.9. The Morgan fingerprint density at radius 1 is 1.44 bits per heavy atom. The van der Waals surface area contributed by atoms with Crippen molar-refractivity contribution in [3.8, 4) is 0 Å². The van der Waals surface area contributed by atoms with Crippen LogP contribution in [0.15, 0.2) is 0 Å². The third-order valence-corrected chi connectivity index (χ3v) is 3.43. The molecule has 0 aliphatic carbocycles. The molecule has 0 aromatic rings. The van der Waals surface area contributed by atoms with Crippen LogP contribution in [0.4, 0.5) is 0 Å². The molecule has 1 fully saturated rings. The van der Waals surface area contributed by atoms with Crippen molar-refractivity contribution in [2.75, 3.05) is 26.9 Å². The van der Waals surface area contributed by atoms with Crippen LogP contribution < -0.4 is 5.32 Å². The van der Waals surface area contributed by atoms with E-state index in [0.29, 0.717) is 17.9 Å². The third kappa shape index (κ3) is 3.72. The number of nitrogens with one attached hydrogen (secondary N) is 1. The van der Waals surface area contributed by atoms with Crippen molar-refractivity contribution in [1.29, 1.82) is 0 Å². The van der Waals surface area contributed by atoms with Gasteiger partial charge in [-0.05, 0) is 25.3 Å². The van der Waals surface area contributed by atoms with Gasteiger partial charge in [0.1, 0.15) is 0 Å². The molecule has 1 rings (SSSR count). The second kappa shape index (κ2) is 7.25. The zero-order chi connectivity index (χ0) is 12.0. The molecule has 0 amide bonds. The van der Waals surface area contributed by atoms with Gasteiger partial charge >= 0.3 is 0 Å². The first-order valence-electron chi connectivity index (χ1n) is 6.54. The summed E-state index contributed by atoms with van der Waals surface area (Å²) in [5.74, 6) is 1.14. The number of hydrogen-bond donors (Lipinski definition) is 1. The number of methoxy groups -OCH3 is 1. The Hall–Kier alpha value is -0.120. The Morgan fingerprint density at radius 3 is 2.62 bits per heavy atom. The van der Waals surface area contributed by atoms with Gasteiger partial charge in [0.15, 0.2) is 0 Å². The molecule has 1 aliphatic rings. The van der Waals surface area contributed by atoms with Gasteiger partial charge in [-0.15, -0.1) is 0 Å². The molecule has 3 nitrogen and oxygen atoms in total. The maximum Gasteiger partial charge on any atom is 0.0750 e. The lowest BCUT2D eigenvalue weighted by Crippen LogP contribution is -2.50. The molecule has 96 valence electrons. The molecule has 0 bridgehead atoms. The number of hydrogen-bond acceptors (Lipinski definition) is 3. The van der Waals surface area contributed by atoms with E-state index >= 15 is 0 Å². The third-order valence-electron chi connectivity index (χ3n) is 3.43. The van der Waals surface area contributed by atoms with E-state index in [9.17, 15) is 0 Å². The highest BCUT2D eigenvalue weighted by Crippen LogP contribution is 2.24. The van der Waals surface area contributed by atoms with E-state index in [0.717, 1.165) is 19.8 Å². The Bertz CT molecular complexity index is 179. The van der Waals surface area contributed by atoms with Crippen LogP contribution in [0, 0.1) is 11.8 Å². The summed E-state index contributed by atoms with van der Waals surface area (Å²) in [6.45, 7) is 9.40. The minimum atomic E-state index is 0.284. The maximum atomic E-state index is 5.66. The van der Waals surface area contributed by atoms with E-state index in [-0.39, 0.29) is 6.10 Å². The van der Waals surface area contributed by atoms with Gasteiger partial charge in [-0.1, -0.05) is 20.8 Å². The van der Waals surface area contributed by atoms with Crippen LogP contribution in [0.1, 0.15) is 33.6 Å². The van der Waals surface area contributed by atoms with Crippen molar-refractivity contribution in [3.05, 3.63) is 0 Å². The minimum Gasteiger partial charge on any atom is -0.381 e. The summed E-state index contributed by atoms with van der Waals surface area (Å²) in [5, 5.41) is 3.58. The standard InChI is InChI=1S/C13H27NO2/c1-5-14-12(13(15-4)10(2)3)11-7-6-8-16-9-11/h10-14H,5-9H2,1-4H3. The van der Waals surface area contributed by atoms with Gasteiger partial charge in [-0.25, -0.2) is 0 Å². The zero-order valence-corrected chi connectivity index (χ0v) is 11.2. The monoisotopic (exact) mass is 229 g/mol. The summed E-state index contributed by atoms with van der Waals surface area (Å²) < 4.78 is 11.2. The summed E-state index contributed by atoms with van der Waals surface area (Å²) in [6.07, 6.45) is 2.72. The molecule has 16 heavy (non-hydrogen) atoms. The van der Waals surface area contributed by atoms with Crippen molar-refractivity contribution < 1.29 is 9.47 Å². The molecule has 1 N–H and O–H groups in total. The molecular formula is C13H27NO2. The van der Waals surface area contributed by atoms with Crippen molar-refractivity contribution in [3.63, 3.8) is 0 Å². The van der Waals surface area contributed by atoms with Gasteiger partial charge in [0.2, 0.25) is 0 Å². The lowest BCUT2D eigenvalue weighted by molar-refractivity contribution is -0.0257. The SMILES string of the molecule is CCNC(C1CCCOC1)C(OC)C(C)C. The van der Waals surface area contributed by atoms with E-state index in [4.69, 9.17) is 9.47 Å². The predicted octanol–water partition coefficient (Wildman–Crippen LogP) is 2.06. The Balaban J connectivity index is 2.62. The van der Waals surface area contributed by atoms with Crippen LogP contribution in [0.2, 0.25) is 0 Å². The topological polar surface area (TPSA) is 30.5 Å². The van der Waals surface area contributed by atoms with Crippen LogP contribution in [0.3, 0.4) is 0 Å². The first-order valence-corrected chi connectivity index (χ1v) is 6.54. The average molecular weight is 229 g/mol. The van der Waals surface area contributed by atoms with Crippen LogP contribution in [-0.2, 0) is 9.47 Å². The minimum absolute atomic E-state index is 0.284. The predicted molar refractivity (Wildman–Crippen MR) is 66.6 cm³/mol. The molecule has 3 atom stereocenters. The van der Waals surface area contributed by atoms with Crippen LogP contribution in [0.5, 0.6) is 0 Å². The highest BCUT2D eigenvalue weighted by Gasteiger charge is 2.32. The molecule has 3 heteroatoms. The smallest absolute Gasteiger partial charge is 0.0750 e. The fraction of sp³-hybridized carbons (Fsp3) is 1.00. The van der Waals surface area contributed by atoms with E-state index in [2.05, 4.69) is 26.1 Å². The summed E-state index contributed by atoms with van der Waals surface area (Å²) in [6, 6.07) is 0.426. The fourth-order valence-corrected chi connectivity index (χ4v) is 2.67. The van der Waals surface area contributed by atoms with E-state index in [1.54, 1.807) is 0 Å². The van der Waals surface area contributed by atoms with E-state index < -0.39 is 0 Å². The quantitative estimate of drug-likeness (QED) is 0.756. The lowest BCUT2D eigenvalue weighted by Gasteiger charge is -2.37. The largest absolute Gasteiger partial charge is 0.381 e. The normalized spacial score (nSPS) is 25.7. The highest BCUT2D eigenvalue weighted by molar-refractivity contribution is 4.86. The van der Waals surface area contributed by atoms with Gasteiger partial charge < -0.3 is 14.8 Å². The van der Waals surface area contributed by atoms with Gasteiger partial charge in [-0.2, -0.15) is 0 Å². The molecule has 0 saturated carbocycles. The van der Waals surface area contributed by atoms with Crippen molar-refractivity contribution in [1.82, 2.24) is 5.32 Å². The highest BCUT2D eigenvalue weighted by atomic mass is 16.5. The lowest BCUT2D eigenvalue weighted by atomic mass is 9.85. The van der Waals surface area contributed by atoms with Crippen LogP contribution in [-0.4, -0.2) is 39.0 Å². The van der Waals surface area contributed by atoms with Gasteiger partial charge in [-0.3, -0.25) is 0 Å². The maximum absolute atomic E-state index is 5.66. The van der Waals surface area contributed by atoms with Crippen molar-refractivity contribution in [2.24, 2.45) is 11.8 Å². The summed E-state index contributed by atoms with van der Waals surface area (Å²) >= 11 is 0. The Labute approximate surface area is 99.9 Å². The van der Waals surface area contributed by atoms with Crippen LogP contribution >= 0.6 is 0 Å². The molecule has 1 aliphatic heterocycles. The van der Waals surface area contributed by atoms with E-state index in [1.165, 1.54) is 12.8 Å². The number of ether oxygens (including phenoxy) is 2. The molecular weight excluding hydrogens is 202 g/mol. The molecule has 1 saturated heterocycles. The van der Waals surface area contributed by atoms with Gasteiger partial charge in [0.25, 0.3) is 0 Å². The molecule has 0 aromatic heterocycles. The second-order valence-corrected chi connectivity index (χ2v) is 5.01. The fourth-order valence-electron chi connectivity index (χ4n) is 2.67. The van der Waals surface area contributed by atoms with Crippen molar-refractivity contribution in [2.45, 2.75) is 45.8 Å². The average Bonchev–Trinajstić information content (AvgIpc) is 2.29. The Kier molecular flexibility index (Phi) is 6.32. The first-order chi connectivity index (χ1) is 7.70. The van der Waals surface area contributed by atoms with Gasteiger partial charge in [0.05, 0.1) is 12.7 Å². The van der Waals surface area contributed by atoms with E-state index in [1.807, 2.05) is 7.11 Å². The summed E-state index contributed by atoms with van der Waals surface area (Å²) in [5.41, 5.74) is 0. The number of rotatable bonds is 6. The van der Waals surface area contributed by atoms with Crippen molar-refractivity contribution >= 4 is 0 Å². The summed E-state index contributed by atoms with van der Waals surface area (Å²) in [7, 11) is 1.82. The molecule has 1 heterocycles. The Morgan fingerprint density at radius 2 is 2.19 bits per heavy atom. The molecule has 0 aromatic carbocycles. The van der Waals surface area contributed by atoms with Crippen LogP contribution in [0.25, 0.3) is 0 Å². The molecule has 0 spiro atoms. The number of likely N-dealkylation sites (N-methyl/N-ethyl adjacent to an activating group) is 1. The molecule has 0 radical (unpaired) electrons. The molecule has 3 unspecified atom stereocenters. The zero-order valence-electron chi connectivity index (χ0n) is 11.2. The second-order valence-electron chi connectivity index (χ2n) is 5.01. The van der Waals surface area contributed by atoms with Gasteiger partial charge in [0, 0.05) is 25.7 Å².